The van der Waals surface area contributed by atoms with Gasteiger partial charge >= 0.3 is 0 Å². The van der Waals surface area contributed by atoms with Crippen molar-refractivity contribution in [3.05, 3.63) is 58.1 Å². The molecule has 1 fully saturated rings. The second-order valence-electron chi connectivity index (χ2n) is 7.41. The van der Waals surface area contributed by atoms with Crippen LogP contribution in [0, 0.1) is 0 Å². The fourth-order valence-corrected chi connectivity index (χ4v) is 4.15. The Kier molecular flexibility index (Phi) is 5.87. The molecule has 29 heavy (non-hydrogen) atoms. The summed E-state index contributed by atoms with van der Waals surface area (Å²) in [5.74, 6) is -0.182. The lowest BCUT2D eigenvalue weighted by Crippen LogP contribution is -2.41. The van der Waals surface area contributed by atoms with Crippen molar-refractivity contribution in [2.45, 2.75) is 19.4 Å². The molecule has 0 saturated carbocycles. The van der Waals surface area contributed by atoms with E-state index in [4.69, 9.17) is 4.74 Å². The smallest absolute Gasteiger partial charge is 0.258 e. The molecular weight excluding hydrogens is 434 g/mol. The molecule has 0 unspecified atom stereocenters. The summed E-state index contributed by atoms with van der Waals surface area (Å²) in [6, 6.07) is 13.4. The largest absolute Gasteiger partial charge is 0.381 e. The minimum Gasteiger partial charge on any atom is -0.381 e. The first-order valence-corrected chi connectivity index (χ1v) is 10.7. The van der Waals surface area contributed by atoms with Gasteiger partial charge in [0.05, 0.1) is 30.2 Å². The number of fused-ring (bicyclic) bond motifs is 1. The molecule has 2 aliphatic heterocycles. The molecule has 0 bridgehead atoms. The normalized spacial score (nSPS) is 19.2. The molecule has 4 rings (SSSR count). The quantitative estimate of drug-likeness (QED) is 0.745. The van der Waals surface area contributed by atoms with Crippen molar-refractivity contribution < 1.29 is 14.3 Å². The second-order valence-corrected chi connectivity index (χ2v) is 8.26. The Balaban J connectivity index is 1.65. The monoisotopic (exact) mass is 457 g/mol. The van der Waals surface area contributed by atoms with E-state index in [1.54, 1.807) is 28.0 Å². The fourth-order valence-electron chi connectivity index (χ4n) is 3.74. The molecule has 0 aliphatic carbocycles. The van der Waals surface area contributed by atoms with Crippen LogP contribution in [-0.2, 0) is 4.74 Å². The summed E-state index contributed by atoms with van der Waals surface area (Å²) < 4.78 is 6.03. The molecule has 2 amide bonds. The zero-order chi connectivity index (χ0) is 20.4. The first kappa shape index (κ1) is 19.9. The van der Waals surface area contributed by atoms with E-state index in [9.17, 15) is 9.59 Å². The molecular formula is C22H24BrN3O3. The highest BCUT2D eigenvalue weighted by atomic mass is 79.9. The van der Waals surface area contributed by atoms with Gasteiger partial charge in [0, 0.05) is 35.7 Å². The van der Waals surface area contributed by atoms with Crippen LogP contribution in [0.25, 0.3) is 0 Å². The summed E-state index contributed by atoms with van der Waals surface area (Å²) in [4.78, 5) is 30.0. The number of hydrogen-bond donors (Lipinski definition) is 1. The van der Waals surface area contributed by atoms with Crippen molar-refractivity contribution in [1.82, 2.24) is 4.90 Å². The van der Waals surface area contributed by atoms with Gasteiger partial charge in [-0.2, -0.15) is 0 Å². The number of nitrogens with one attached hydrogen (secondary N) is 1. The van der Waals surface area contributed by atoms with Gasteiger partial charge in [-0.1, -0.05) is 12.1 Å². The van der Waals surface area contributed by atoms with Gasteiger partial charge in [-0.05, 0) is 59.6 Å². The number of nitrogens with zero attached hydrogens (tertiary/aromatic N) is 2. The van der Waals surface area contributed by atoms with E-state index in [0.717, 1.165) is 17.8 Å². The third-order valence-corrected chi connectivity index (χ3v) is 6.06. The number of anilines is 2. The van der Waals surface area contributed by atoms with Crippen molar-refractivity contribution in [3.63, 3.8) is 0 Å². The van der Waals surface area contributed by atoms with Gasteiger partial charge in [0.15, 0.2) is 0 Å². The molecule has 1 N–H and O–H groups in total. The molecule has 6 nitrogen and oxygen atoms in total. The van der Waals surface area contributed by atoms with Gasteiger partial charge in [-0.3, -0.25) is 9.59 Å². The van der Waals surface area contributed by atoms with Crippen LogP contribution in [0.4, 0.5) is 11.4 Å². The summed E-state index contributed by atoms with van der Waals surface area (Å²) in [6.45, 7) is 4.94. The molecule has 0 aromatic heterocycles. The number of ether oxygens (including phenoxy) is 1. The lowest BCUT2D eigenvalue weighted by molar-refractivity contribution is 0.0302. The maximum Gasteiger partial charge on any atom is 0.258 e. The highest BCUT2D eigenvalue weighted by Crippen LogP contribution is 2.31. The first-order chi connectivity index (χ1) is 14.0. The summed E-state index contributed by atoms with van der Waals surface area (Å²) in [5.41, 5.74) is 2.83. The lowest BCUT2D eigenvalue weighted by Gasteiger charge is -2.27. The molecule has 7 heteroatoms. The van der Waals surface area contributed by atoms with Crippen molar-refractivity contribution in [1.29, 1.82) is 0 Å². The molecule has 2 aromatic rings. The van der Waals surface area contributed by atoms with Crippen LogP contribution >= 0.6 is 15.9 Å². The van der Waals surface area contributed by atoms with E-state index in [0.29, 0.717) is 48.4 Å². The van der Waals surface area contributed by atoms with Crippen LogP contribution in [-0.4, -0.2) is 55.6 Å². The molecule has 2 aliphatic rings. The Bertz CT molecular complexity index is 927. The predicted molar refractivity (Wildman–Crippen MR) is 117 cm³/mol. The average Bonchev–Trinajstić information content (AvgIpc) is 2.92. The number of hydrogen-bond acceptors (Lipinski definition) is 4. The Hall–Kier alpha value is -2.38. The Labute approximate surface area is 178 Å². The first-order valence-electron chi connectivity index (χ1n) is 9.88. The van der Waals surface area contributed by atoms with Crippen molar-refractivity contribution in [2.75, 3.05) is 43.1 Å². The topological polar surface area (TPSA) is 61.9 Å². The molecule has 2 aromatic carbocycles. The summed E-state index contributed by atoms with van der Waals surface area (Å²) in [5, 5.41) is 3.47. The zero-order valence-electron chi connectivity index (χ0n) is 16.4. The average molecular weight is 458 g/mol. The van der Waals surface area contributed by atoms with E-state index in [1.807, 2.05) is 24.3 Å². The second kappa shape index (κ2) is 8.55. The van der Waals surface area contributed by atoms with Gasteiger partial charge in [-0.15, -0.1) is 0 Å². The standard InChI is InChI=1S/C22H24BrN3O3/c1-15-8-9-26(20-5-3-2-4-19(20)24-15)21(27)16-6-7-18(23)17(14-16)22(28)25-10-12-29-13-11-25/h2-7,14-15,24H,8-13H2,1H3/t15-/m0/s1. The summed E-state index contributed by atoms with van der Waals surface area (Å²) >= 11 is 3.48. The van der Waals surface area contributed by atoms with Crippen molar-refractivity contribution >= 4 is 39.1 Å². The predicted octanol–water partition coefficient (Wildman–Crippen LogP) is 3.77. The van der Waals surface area contributed by atoms with Crippen molar-refractivity contribution in [3.8, 4) is 0 Å². The molecule has 0 radical (unpaired) electrons. The number of benzene rings is 2. The Morgan fingerprint density at radius 3 is 2.62 bits per heavy atom. The third kappa shape index (κ3) is 4.16. The van der Waals surface area contributed by atoms with Gasteiger partial charge in [-0.25, -0.2) is 0 Å². The third-order valence-electron chi connectivity index (χ3n) is 5.37. The van der Waals surface area contributed by atoms with E-state index < -0.39 is 0 Å². The number of amides is 2. The van der Waals surface area contributed by atoms with Crippen LogP contribution in [0.3, 0.4) is 0 Å². The van der Waals surface area contributed by atoms with E-state index in [-0.39, 0.29) is 17.9 Å². The Morgan fingerprint density at radius 1 is 1.07 bits per heavy atom. The van der Waals surface area contributed by atoms with Gasteiger partial charge in [0.2, 0.25) is 0 Å². The summed E-state index contributed by atoms with van der Waals surface area (Å²) in [7, 11) is 0. The number of para-hydroxylation sites is 2. The molecule has 1 atom stereocenters. The number of carbonyl (C=O) groups excluding carboxylic acids is 2. The zero-order valence-corrected chi connectivity index (χ0v) is 17.9. The SMILES string of the molecule is C[C@H]1CCN(C(=O)c2ccc(Br)c(C(=O)N3CCOCC3)c2)c2ccccc2N1. The highest BCUT2D eigenvalue weighted by Gasteiger charge is 2.26. The number of morpholine rings is 1. The molecule has 2 heterocycles. The minimum atomic E-state index is -0.100. The maximum absolute atomic E-state index is 13.4. The van der Waals surface area contributed by atoms with Crippen LogP contribution in [0.5, 0.6) is 0 Å². The van der Waals surface area contributed by atoms with Crippen LogP contribution in [0.15, 0.2) is 46.9 Å². The molecule has 152 valence electrons. The van der Waals surface area contributed by atoms with Crippen molar-refractivity contribution in [2.24, 2.45) is 0 Å². The maximum atomic E-state index is 13.4. The number of halogens is 1. The van der Waals surface area contributed by atoms with Crippen LogP contribution < -0.4 is 10.2 Å². The fraction of sp³-hybridized carbons (Fsp3) is 0.364. The van der Waals surface area contributed by atoms with Gasteiger partial charge in [0.25, 0.3) is 11.8 Å². The van der Waals surface area contributed by atoms with E-state index in [2.05, 4.69) is 28.2 Å². The van der Waals surface area contributed by atoms with Crippen LogP contribution in [0.1, 0.15) is 34.1 Å². The Morgan fingerprint density at radius 2 is 1.83 bits per heavy atom. The number of rotatable bonds is 2. The van der Waals surface area contributed by atoms with Crippen LogP contribution in [0.2, 0.25) is 0 Å². The molecule has 1 saturated heterocycles. The van der Waals surface area contributed by atoms with Gasteiger partial charge < -0.3 is 19.9 Å². The lowest BCUT2D eigenvalue weighted by atomic mass is 10.1. The number of carbonyl (C=O) groups is 2. The summed E-state index contributed by atoms with van der Waals surface area (Å²) in [6.07, 6.45) is 0.844. The van der Waals surface area contributed by atoms with Gasteiger partial charge in [0.1, 0.15) is 0 Å². The molecule has 0 spiro atoms. The minimum absolute atomic E-state index is 0.0821. The van der Waals surface area contributed by atoms with E-state index >= 15 is 0 Å². The van der Waals surface area contributed by atoms with E-state index in [1.165, 1.54) is 0 Å². The highest BCUT2D eigenvalue weighted by molar-refractivity contribution is 9.10.